The van der Waals surface area contributed by atoms with Crippen LogP contribution < -0.4 is 0 Å². The molecule has 0 amide bonds. The molecule has 5 unspecified atom stereocenters. The van der Waals surface area contributed by atoms with E-state index in [1.807, 2.05) is 19.9 Å². The summed E-state index contributed by atoms with van der Waals surface area (Å²) in [4.78, 5) is 35.3. The summed E-state index contributed by atoms with van der Waals surface area (Å²) in [5.74, 6) is -1.22. The van der Waals surface area contributed by atoms with Crippen LogP contribution in [0.15, 0.2) is 23.8 Å². The van der Waals surface area contributed by atoms with Gasteiger partial charge in [-0.05, 0) is 47.5 Å². The van der Waals surface area contributed by atoms with Gasteiger partial charge in [0.25, 0.3) is 0 Å². The average Bonchev–Trinajstić information content (AvgIpc) is 2.98. The van der Waals surface area contributed by atoms with Crippen molar-refractivity contribution in [1.29, 1.82) is 0 Å². The zero-order valence-electron chi connectivity index (χ0n) is 21.0. The van der Waals surface area contributed by atoms with Gasteiger partial charge in [-0.25, -0.2) is 17.5 Å². The van der Waals surface area contributed by atoms with Crippen molar-refractivity contribution < 1.29 is 89.6 Å². The van der Waals surface area contributed by atoms with Gasteiger partial charge in [-0.2, -0.15) is 18.6 Å². The van der Waals surface area contributed by atoms with Crippen molar-refractivity contribution in [2.75, 3.05) is 0 Å². The van der Waals surface area contributed by atoms with E-state index in [1.54, 1.807) is 19.1 Å². The van der Waals surface area contributed by atoms with Crippen LogP contribution in [0.25, 0.3) is 0 Å². The molecule has 5 nitrogen and oxygen atoms in total. The van der Waals surface area contributed by atoms with Gasteiger partial charge in [-0.1, -0.05) is 63.4 Å². The van der Waals surface area contributed by atoms with E-state index in [1.165, 1.54) is 0 Å². The second-order valence-electron chi connectivity index (χ2n) is 10.3. The van der Waals surface area contributed by atoms with Gasteiger partial charge >= 0.3 is 5.97 Å². The van der Waals surface area contributed by atoms with Crippen LogP contribution >= 0.6 is 23.2 Å². The molecule has 0 heterocycles. The molecule has 4 aliphatic carbocycles. The summed E-state index contributed by atoms with van der Waals surface area (Å²) in [5.41, 5.74) is -2.50. The first-order valence-corrected chi connectivity index (χ1v) is 12.3. The van der Waals surface area contributed by atoms with E-state index in [9.17, 15) is 19.5 Å². The Bertz CT molecular complexity index is 908. The zero-order valence-corrected chi connectivity index (χ0v) is 28.2. The van der Waals surface area contributed by atoms with E-state index in [0.29, 0.717) is 12.8 Å². The molecule has 0 aromatic carbocycles. The number of rotatable bonds is 3. The van der Waals surface area contributed by atoms with Crippen molar-refractivity contribution in [3.8, 4) is 0 Å². The van der Waals surface area contributed by atoms with Crippen molar-refractivity contribution in [2.45, 2.75) is 70.4 Å². The molecule has 3 fully saturated rings. The molecular weight excluding hydrogens is 641 g/mol. The molecule has 0 spiro atoms. The first-order valence-electron chi connectivity index (χ1n) is 11.4. The van der Waals surface area contributed by atoms with E-state index in [2.05, 4.69) is 33.5 Å². The Labute approximate surface area is 269 Å². The van der Waals surface area contributed by atoms with Crippen molar-refractivity contribution in [3.05, 3.63) is 37.1 Å². The van der Waals surface area contributed by atoms with E-state index in [-0.39, 0.29) is 95.4 Å². The van der Waals surface area contributed by atoms with Crippen LogP contribution in [0, 0.1) is 47.3 Å². The Balaban J connectivity index is 0.00000149. The summed E-state index contributed by atoms with van der Waals surface area (Å²) in [6, 6.07) is 0. The van der Waals surface area contributed by atoms with Crippen LogP contribution in [0.4, 0.5) is 0 Å². The molecule has 4 aliphatic rings. The molecule has 0 saturated heterocycles. The minimum absolute atomic E-state index is 0. The van der Waals surface area contributed by atoms with Crippen molar-refractivity contribution >= 4 is 41.2 Å². The van der Waals surface area contributed by atoms with Crippen LogP contribution in [0.1, 0.15) is 53.9 Å². The quantitative estimate of drug-likeness (QED) is 0.266. The predicted molar refractivity (Wildman–Crippen MR) is 128 cm³/mol. The maximum atomic E-state index is 12.4. The Morgan fingerprint density at radius 1 is 1.26 bits per heavy atom. The molecule has 8 atom stereocenters. The molecule has 2 radical (unpaired) electrons. The van der Waals surface area contributed by atoms with Gasteiger partial charge in [0.15, 0.2) is 0 Å². The molecule has 0 aromatic rings. The summed E-state index contributed by atoms with van der Waals surface area (Å²) in [6.07, 6.45) is 10.1. The Morgan fingerprint density at radius 2 is 1.86 bits per heavy atom. The molecule has 0 bridgehead atoms. The molecule has 3 saturated carbocycles. The fourth-order valence-electron chi connectivity index (χ4n) is 7.35. The zero-order chi connectivity index (χ0) is 25.0. The molecule has 0 aliphatic heterocycles. The predicted octanol–water partition coefficient (Wildman–Crippen LogP) is 4.75. The van der Waals surface area contributed by atoms with Crippen LogP contribution in [0.3, 0.4) is 0 Å². The van der Waals surface area contributed by atoms with Gasteiger partial charge in [-0.15, -0.1) is 0 Å². The van der Waals surface area contributed by atoms with Gasteiger partial charge < -0.3 is 26.4 Å². The largest absolute Gasteiger partial charge is 0.538 e. The van der Waals surface area contributed by atoms with Crippen LogP contribution in [0.2, 0.25) is 0 Å². The number of hydrogen-bond acceptors (Lipinski definition) is 5. The summed E-state index contributed by atoms with van der Waals surface area (Å²) in [6.45, 7) is 12.9. The van der Waals surface area contributed by atoms with Crippen molar-refractivity contribution in [1.82, 2.24) is 0 Å². The minimum atomic E-state index is -1.53. The molecule has 0 aromatic heterocycles. The summed E-state index contributed by atoms with van der Waals surface area (Å²) < 4.78 is 5.68. The SMILES string of the molecule is C[C@@H]1CC2C3C[CH-]C4=CC(=O)C=CC4(C)[C@@]3(C)C(O)CC2(C)[C@]1([C-]=O)OC(=O)C(Cl)Cl.[CH2-]C.[Y].[Y]. The first-order chi connectivity index (χ1) is 15.4. The number of aliphatic hydroxyl groups excluding tert-OH is 1. The van der Waals surface area contributed by atoms with E-state index >= 15 is 0 Å². The number of alkyl halides is 2. The number of carbonyl (C=O) groups is 2. The smallest absolute Gasteiger partial charge is 0.337 e. The number of fused-ring (bicyclic) bond motifs is 5. The fourth-order valence-corrected chi connectivity index (χ4v) is 7.43. The normalized spacial score (nSPS) is 42.9. The van der Waals surface area contributed by atoms with Crippen LogP contribution in [-0.4, -0.2) is 39.7 Å². The third kappa shape index (κ3) is 4.78. The van der Waals surface area contributed by atoms with Gasteiger partial charge in [0.1, 0.15) is 0 Å². The van der Waals surface area contributed by atoms with Gasteiger partial charge in [0.05, 0.1) is 11.9 Å². The molecule has 190 valence electrons. The van der Waals surface area contributed by atoms with Crippen molar-refractivity contribution in [3.63, 3.8) is 0 Å². The Hall–Kier alpha value is 0.908. The number of ketones is 1. The molecular formula is C26H33Cl2O5Y2-3. The summed E-state index contributed by atoms with van der Waals surface area (Å²) in [7, 11) is 0. The number of allylic oxidation sites excluding steroid dienone is 4. The van der Waals surface area contributed by atoms with Crippen LogP contribution in [-0.2, 0) is 84.5 Å². The third-order valence-corrected chi connectivity index (χ3v) is 9.67. The van der Waals surface area contributed by atoms with E-state index < -0.39 is 38.8 Å². The number of carbonyl (C=O) groups excluding carboxylic acids is 3. The van der Waals surface area contributed by atoms with Crippen molar-refractivity contribution in [2.24, 2.45) is 34.0 Å². The second kappa shape index (κ2) is 12.0. The maximum Gasteiger partial charge on any atom is 0.337 e. The fraction of sp³-hybridized carbons (Fsp3) is 0.654. The minimum Gasteiger partial charge on any atom is -0.538 e. The second-order valence-corrected chi connectivity index (χ2v) is 11.4. The van der Waals surface area contributed by atoms with Crippen LogP contribution in [0.5, 0.6) is 0 Å². The van der Waals surface area contributed by atoms with E-state index in [4.69, 9.17) is 27.9 Å². The standard InChI is InChI=1S/C24H28Cl2O5.C2H5.2Y/c1-13-9-17-16-6-5-14-10-15(28)7-8-21(14,2)23(16,4)18(29)11-22(17,3)24(13,12-27)31-20(30)19(25)26;1-2;;/h5,7-8,10,13,16-19,29H,6,9,11H2,1-4H3;1H2,2H3;;/q-2;-1;;/t13-,16?,17?,18?,21?,22?,23-,24-;;;/m1.../s1. The number of aliphatic hydroxyl groups is 1. The Kier molecular flexibility index (Phi) is 11.6. The summed E-state index contributed by atoms with van der Waals surface area (Å²) in [5, 5.41) is 11.6. The van der Waals surface area contributed by atoms with E-state index in [0.717, 1.165) is 5.57 Å². The number of ether oxygens (including phenoxy) is 1. The molecule has 35 heavy (non-hydrogen) atoms. The number of hydrogen-bond donors (Lipinski definition) is 1. The average molecular weight is 674 g/mol. The number of halogens is 2. The third-order valence-electron chi connectivity index (χ3n) is 9.31. The molecule has 9 heteroatoms. The monoisotopic (exact) mass is 673 g/mol. The van der Waals surface area contributed by atoms with Gasteiger partial charge in [0, 0.05) is 76.4 Å². The first kappa shape index (κ1) is 33.9. The summed E-state index contributed by atoms with van der Waals surface area (Å²) >= 11 is 11.5. The molecule has 1 N–H and O–H groups in total. The van der Waals surface area contributed by atoms with Gasteiger partial charge in [-0.3, -0.25) is 0 Å². The maximum absolute atomic E-state index is 12.4. The Morgan fingerprint density at radius 3 is 2.40 bits per heavy atom. The topological polar surface area (TPSA) is 80.7 Å². The number of esters is 1. The van der Waals surface area contributed by atoms with Gasteiger partial charge in [0.2, 0.25) is 4.84 Å². The molecule has 4 rings (SSSR count).